The number of nitrogens with one attached hydrogen (secondary N) is 1. The van der Waals surface area contributed by atoms with E-state index in [9.17, 15) is 18.0 Å². The van der Waals surface area contributed by atoms with Gasteiger partial charge in [-0.15, -0.1) is 0 Å². The van der Waals surface area contributed by atoms with E-state index in [-0.39, 0.29) is 18.0 Å². The minimum absolute atomic E-state index is 0.124. The monoisotopic (exact) mass is 302 g/mol. The van der Waals surface area contributed by atoms with Gasteiger partial charge in [-0.3, -0.25) is 0 Å². The predicted octanol–water partition coefficient (Wildman–Crippen LogP) is 2.79. The number of carbonyl (C=O) groups is 1. The number of benzene rings is 1. The predicted molar refractivity (Wildman–Crippen MR) is 70.9 cm³/mol. The second kappa shape index (κ2) is 6.34. The van der Waals surface area contributed by atoms with Gasteiger partial charge in [0.25, 0.3) is 0 Å². The summed E-state index contributed by atoms with van der Waals surface area (Å²) in [4.78, 5) is 12.1. The summed E-state index contributed by atoms with van der Waals surface area (Å²) in [5.41, 5.74) is -0.422. The zero-order chi connectivity index (χ0) is 15.5. The lowest BCUT2D eigenvalue weighted by Crippen LogP contribution is -2.29. The first-order valence-corrected chi connectivity index (χ1v) is 6.71. The molecule has 4 nitrogen and oxygen atoms in total. The van der Waals surface area contributed by atoms with E-state index in [2.05, 4.69) is 5.32 Å². The highest BCUT2D eigenvalue weighted by Gasteiger charge is 2.32. The van der Waals surface area contributed by atoms with Gasteiger partial charge < -0.3 is 15.3 Å². The molecule has 0 spiro atoms. The highest BCUT2D eigenvalue weighted by molar-refractivity contribution is 5.65. The first-order chi connectivity index (χ1) is 9.88. The molecule has 1 atom stereocenters. The summed E-state index contributed by atoms with van der Waals surface area (Å²) in [7, 11) is 0. The summed E-state index contributed by atoms with van der Waals surface area (Å²) in [5.74, 6) is 0.152. The van der Waals surface area contributed by atoms with Crippen LogP contribution < -0.4 is 5.32 Å². The Morgan fingerprint density at radius 2 is 2.10 bits per heavy atom. The van der Waals surface area contributed by atoms with Gasteiger partial charge in [0.15, 0.2) is 0 Å². The molecule has 116 valence electrons. The van der Waals surface area contributed by atoms with E-state index >= 15 is 0 Å². The average Bonchev–Trinajstić information content (AvgIpc) is 2.87. The molecule has 0 aromatic heterocycles. The van der Waals surface area contributed by atoms with Gasteiger partial charge in [0.05, 0.1) is 5.56 Å². The Labute approximate surface area is 120 Å². The topological polar surface area (TPSA) is 52.6 Å². The molecule has 0 aliphatic carbocycles. The third-order valence-corrected chi connectivity index (χ3v) is 3.63. The molecule has 1 aromatic rings. The van der Waals surface area contributed by atoms with E-state index in [1.54, 1.807) is 6.07 Å². The van der Waals surface area contributed by atoms with Crippen molar-refractivity contribution in [2.45, 2.75) is 19.1 Å². The van der Waals surface area contributed by atoms with Crippen molar-refractivity contribution in [3.05, 3.63) is 35.4 Å². The van der Waals surface area contributed by atoms with Crippen molar-refractivity contribution in [1.29, 1.82) is 0 Å². The molecule has 2 N–H and O–H groups in total. The number of hydrogen-bond acceptors (Lipinski definition) is 2. The smallest absolute Gasteiger partial charge is 0.416 e. The third kappa shape index (κ3) is 4.10. The molecular weight excluding hydrogens is 285 g/mol. The van der Waals surface area contributed by atoms with Crippen LogP contribution in [-0.2, 0) is 12.7 Å². The van der Waals surface area contributed by atoms with E-state index in [1.807, 2.05) is 0 Å². The van der Waals surface area contributed by atoms with Gasteiger partial charge in [-0.05, 0) is 24.0 Å². The summed E-state index contributed by atoms with van der Waals surface area (Å²) in [5, 5.41) is 11.8. The maximum Gasteiger partial charge on any atom is 0.416 e. The van der Waals surface area contributed by atoms with Crippen LogP contribution in [0.4, 0.5) is 18.0 Å². The van der Waals surface area contributed by atoms with Crippen LogP contribution in [0.15, 0.2) is 24.3 Å². The van der Waals surface area contributed by atoms with Gasteiger partial charge in [0, 0.05) is 26.2 Å². The molecule has 1 saturated heterocycles. The minimum Gasteiger partial charge on any atom is -0.465 e. The SMILES string of the molecule is O=C(O)N1CC[C@H](CNCc2ccccc2C(F)(F)F)C1. The molecule has 0 unspecified atom stereocenters. The molecule has 1 aliphatic heterocycles. The van der Waals surface area contributed by atoms with Gasteiger partial charge in [-0.2, -0.15) is 13.2 Å². The largest absolute Gasteiger partial charge is 0.465 e. The van der Waals surface area contributed by atoms with Crippen molar-refractivity contribution >= 4 is 6.09 Å². The number of alkyl halides is 3. The molecule has 0 saturated carbocycles. The lowest BCUT2D eigenvalue weighted by Gasteiger charge is -2.15. The molecule has 0 radical (unpaired) electrons. The number of halogens is 3. The molecule has 0 bridgehead atoms. The number of hydrogen-bond donors (Lipinski definition) is 2. The quantitative estimate of drug-likeness (QED) is 0.899. The number of amides is 1. The molecule has 7 heteroatoms. The van der Waals surface area contributed by atoms with Crippen molar-refractivity contribution in [2.24, 2.45) is 5.92 Å². The van der Waals surface area contributed by atoms with Crippen molar-refractivity contribution in [1.82, 2.24) is 10.2 Å². The van der Waals surface area contributed by atoms with E-state index in [0.29, 0.717) is 19.6 Å². The number of rotatable bonds is 4. The number of likely N-dealkylation sites (tertiary alicyclic amines) is 1. The summed E-state index contributed by atoms with van der Waals surface area (Å²) in [6.45, 7) is 1.55. The Morgan fingerprint density at radius 3 is 2.71 bits per heavy atom. The van der Waals surface area contributed by atoms with Crippen LogP contribution in [-0.4, -0.2) is 35.7 Å². The van der Waals surface area contributed by atoms with E-state index in [0.717, 1.165) is 12.5 Å². The highest BCUT2D eigenvalue weighted by Crippen LogP contribution is 2.31. The fourth-order valence-corrected chi connectivity index (χ4v) is 2.53. The lowest BCUT2D eigenvalue weighted by atomic mass is 10.1. The zero-order valence-corrected chi connectivity index (χ0v) is 11.4. The normalized spacial score (nSPS) is 19.0. The van der Waals surface area contributed by atoms with Gasteiger partial charge in [0.2, 0.25) is 0 Å². The summed E-state index contributed by atoms with van der Waals surface area (Å²) in [6, 6.07) is 5.47. The van der Waals surface area contributed by atoms with Crippen LogP contribution in [0.1, 0.15) is 17.5 Å². The Morgan fingerprint density at radius 1 is 1.38 bits per heavy atom. The maximum absolute atomic E-state index is 12.8. The van der Waals surface area contributed by atoms with Crippen LogP contribution in [0, 0.1) is 5.92 Å². The van der Waals surface area contributed by atoms with Crippen LogP contribution in [0.25, 0.3) is 0 Å². The van der Waals surface area contributed by atoms with Gasteiger partial charge in [0.1, 0.15) is 0 Å². The Balaban J connectivity index is 1.86. The Hall–Kier alpha value is -1.76. The summed E-state index contributed by atoms with van der Waals surface area (Å²) >= 11 is 0. The molecule has 1 amide bonds. The molecule has 21 heavy (non-hydrogen) atoms. The molecule has 1 heterocycles. The molecule has 1 aromatic carbocycles. The zero-order valence-electron chi connectivity index (χ0n) is 11.4. The average molecular weight is 302 g/mol. The lowest BCUT2D eigenvalue weighted by molar-refractivity contribution is -0.138. The van der Waals surface area contributed by atoms with Crippen LogP contribution in [0.3, 0.4) is 0 Å². The van der Waals surface area contributed by atoms with E-state index < -0.39 is 17.8 Å². The first-order valence-electron chi connectivity index (χ1n) is 6.71. The standard InChI is InChI=1S/C14H17F3N2O2/c15-14(16,17)12-4-2-1-3-11(12)8-18-7-10-5-6-19(9-10)13(20)21/h1-4,10,18H,5-9H2,(H,20,21)/t10-/m1/s1. The van der Waals surface area contributed by atoms with Crippen LogP contribution >= 0.6 is 0 Å². The molecular formula is C14H17F3N2O2. The third-order valence-electron chi connectivity index (χ3n) is 3.63. The van der Waals surface area contributed by atoms with Crippen LogP contribution in [0.5, 0.6) is 0 Å². The number of carboxylic acid groups (broad SMARTS) is 1. The van der Waals surface area contributed by atoms with E-state index in [4.69, 9.17) is 5.11 Å². The molecule has 1 fully saturated rings. The van der Waals surface area contributed by atoms with Gasteiger partial charge >= 0.3 is 12.3 Å². The first kappa shape index (κ1) is 15.6. The maximum atomic E-state index is 12.8. The van der Waals surface area contributed by atoms with Crippen molar-refractivity contribution < 1.29 is 23.1 Å². The Kier molecular flexibility index (Phi) is 4.72. The molecule has 1 aliphatic rings. The van der Waals surface area contributed by atoms with Crippen molar-refractivity contribution in [3.63, 3.8) is 0 Å². The van der Waals surface area contributed by atoms with Crippen LogP contribution in [0.2, 0.25) is 0 Å². The van der Waals surface area contributed by atoms with Crippen molar-refractivity contribution in [2.75, 3.05) is 19.6 Å². The Bertz CT molecular complexity index is 505. The second-order valence-corrected chi connectivity index (χ2v) is 5.17. The fourth-order valence-electron chi connectivity index (χ4n) is 2.53. The summed E-state index contributed by atoms with van der Waals surface area (Å²) in [6.07, 6.45) is -4.56. The second-order valence-electron chi connectivity index (χ2n) is 5.17. The van der Waals surface area contributed by atoms with E-state index in [1.165, 1.54) is 17.0 Å². The number of nitrogens with zero attached hydrogens (tertiary/aromatic N) is 1. The fraction of sp³-hybridized carbons (Fsp3) is 0.500. The summed E-state index contributed by atoms with van der Waals surface area (Å²) < 4.78 is 38.5. The van der Waals surface area contributed by atoms with Gasteiger partial charge in [-0.1, -0.05) is 18.2 Å². The van der Waals surface area contributed by atoms with Crippen molar-refractivity contribution in [3.8, 4) is 0 Å². The highest BCUT2D eigenvalue weighted by atomic mass is 19.4. The van der Waals surface area contributed by atoms with Gasteiger partial charge in [-0.25, -0.2) is 4.79 Å². The molecule has 2 rings (SSSR count). The minimum atomic E-state index is -4.36.